The number of hydrogen-bond acceptors (Lipinski definition) is 5. The minimum absolute atomic E-state index is 0.0486. The molecule has 0 saturated heterocycles. The number of anilines is 1. The van der Waals surface area contributed by atoms with Crippen molar-refractivity contribution < 1.29 is 13.2 Å². The van der Waals surface area contributed by atoms with E-state index in [1.165, 1.54) is 23.3 Å². The number of nitrogens with zero attached hydrogens (tertiary/aromatic N) is 1. The van der Waals surface area contributed by atoms with Crippen LogP contribution in [0.15, 0.2) is 70.3 Å². The van der Waals surface area contributed by atoms with Crippen LogP contribution in [0.4, 0.5) is 5.69 Å². The Morgan fingerprint density at radius 2 is 1.84 bits per heavy atom. The molecule has 2 aromatic carbocycles. The molecule has 0 spiro atoms. The zero-order chi connectivity index (χ0) is 22.6. The van der Waals surface area contributed by atoms with Crippen molar-refractivity contribution in [3.63, 3.8) is 0 Å². The summed E-state index contributed by atoms with van der Waals surface area (Å²) in [5.74, 6) is -0.111. The molecular weight excluding hydrogens is 442 g/mol. The average molecular weight is 470 g/mol. The number of amides is 1. The Morgan fingerprint density at radius 3 is 2.53 bits per heavy atom. The molecule has 0 saturated carbocycles. The zero-order valence-corrected chi connectivity index (χ0v) is 19.6. The summed E-state index contributed by atoms with van der Waals surface area (Å²) in [5, 5.41) is 6.84. The van der Waals surface area contributed by atoms with Crippen LogP contribution < -0.4 is 10.0 Å². The first kappa shape index (κ1) is 22.7. The first-order valence-electron chi connectivity index (χ1n) is 10.7. The van der Waals surface area contributed by atoms with Crippen LogP contribution in [0.25, 0.3) is 0 Å². The fourth-order valence-corrected chi connectivity index (χ4v) is 5.69. The number of fused-ring (bicyclic) bond motifs is 1. The Hall–Kier alpha value is -2.52. The molecule has 0 aliphatic carbocycles. The Kier molecular flexibility index (Phi) is 7.05. The molecule has 168 valence electrons. The Labute approximate surface area is 193 Å². The molecule has 1 unspecified atom stereocenters. The van der Waals surface area contributed by atoms with E-state index in [-0.39, 0.29) is 23.4 Å². The van der Waals surface area contributed by atoms with Gasteiger partial charge in [0.1, 0.15) is 0 Å². The first-order chi connectivity index (χ1) is 15.5. The summed E-state index contributed by atoms with van der Waals surface area (Å²) >= 11 is 1.62. The van der Waals surface area contributed by atoms with Gasteiger partial charge in [0.2, 0.25) is 15.9 Å². The summed E-state index contributed by atoms with van der Waals surface area (Å²) in [4.78, 5) is 14.1. The average Bonchev–Trinajstić information content (AvgIpc) is 3.34. The van der Waals surface area contributed by atoms with Crippen molar-refractivity contribution in [2.24, 2.45) is 0 Å². The molecule has 32 heavy (non-hydrogen) atoms. The minimum Gasteiger partial charge on any atom is -0.326 e. The Morgan fingerprint density at radius 1 is 1.09 bits per heavy atom. The number of rotatable bonds is 8. The first-order valence-corrected chi connectivity index (χ1v) is 13.1. The molecule has 4 rings (SSSR count). The van der Waals surface area contributed by atoms with Crippen LogP contribution in [0.5, 0.6) is 0 Å². The SMILES string of the molecule is CCC(=O)Nc1ccc(S(=O)(=O)NCC(c2ccsc2)N2CCc3ccccc3C2)cc1. The molecule has 1 aromatic heterocycles. The lowest BCUT2D eigenvalue weighted by Gasteiger charge is -2.35. The van der Waals surface area contributed by atoms with Crippen LogP contribution in [-0.2, 0) is 27.8 Å². The standard InChI is InChI=1S/C24H27N3O3S2/c1-2-24(28)26-21-7-9-22(10-8-21)32(29,30)25-15-23(20-12-14-31-17-20)27-13-11-18-5-3-4-6-19(18)16-27/h3-10,12,14,17,23,25H,2,11,13,15-16H2,1H3,(H,26,28). The Bertz CT molecular complexity index is 1160. The van der Waals surface area contributed by atoms with Gasteiger partial charge in [-0.15, -0.1) is 0 Å². The molecule has 1 atom stereocenters. The third-order valence-electron chi connectivity index (χ3n) is 5.77. The molecule has 3 aromatic rings. The van der Waals surface area contributed by atoms with Gasteiger partial charge in [0.15, 0.2) is 0 Å². The quantitative estimate of drug-likeness (QED) is 0.519. The molecule has 1 amide bonds. The molecule has 0 radical (unpaired) electrons. The van der Waals surface area contributed by atoms with Crippen LogP contribution in [0.1, 0.15) is 36.1 Å². The second-order valence-corrected chi connectivity index (χ2v) is 10.4. The lowest BCUT2D eigenvalue weighted by molar-refractivity contribution is -0.115. The third-order valence-corrected chi connectivity index (χ3v) is 7.91. The summed E-state index contributed by atoms with van der Waals surface area (Å²) < 4.78 is 28.7. The van der Waals surface area contributed by atoms with E-state index in [2.05, 4.69) is 50.7 Å². The van der Waals surface area contributed by atoms with Crippen molar-refractivity contribution in [3.05, 3.63) is 82.0 Å². The van der Waals surface area contributed by atoms with Gasteiger partial charge in [0.25, 0.3) is 0 Å². The predicted octanol–water partition coefficient (Wildman–Crippen LogP) is 4.17. The number of carbonyl (C=O) groups is 1. The van der Waals surface area contributed by atoms with E-state index in [0.29, 0.717) is 12.1 Å². The summed E-state index contributed by atoms with van der Waals surface area (Å²) in [6.45, 7) is 3.73. The van der Waals surface area contributed by atoms with E-state index >= 15 is 0 Å². The van der Waals surface area contributed by atoms with E-state index in [9.17, 15) is 13.2 Å². The van der Waals surface area contributed by atoms with E-state index in [4.69, 9.17) is 0 Å². The smallest absolute Gasteiger partial charge is 0.240 e. The summed E-state index contributed by atoms with van der Waals surface area (Å²) in [7, 11) is -3.68. The molecule has 2 heterocycles. The largest absolute Gasteiger partial charge is 0.326 e. The molecular formula is C24H27N3O3S2. The van der Waals surface area contributed by atoms with Crippen molar-refractivity contribution in [3.8, 4) is 0 Å². The predicted molar refractivity (Wildman–Crippen MR) is 128 cm³/mol. The number of sulfonamides is 1. The fourth-order valence-electron chi connectivity index (χ4n) is 3.94. The van der Waals surface area contributed by atoms with Gasteiger partial charge in [-0.3, -0.25) is 9.69 Å². The lowest BCUT2D eigenvalue weighted by atomic mass is 9.97. The van der Waals surface area contributed by atoms with Crippen molar-refractivity contribution in [2.75, 3.05) is 18.4 Å². The van der Waals surface area contributed by atoms with E-state index in [1.54, 1.807) is 30.4 Å². The number of nitrogens with one attached hydrogen (secondary N) is 2. The summed E-state index contributed by atoms with van der Waals surface area (Å²) in [6.07, 6.45) is 1.32. The van der Waals surface area contributed by atoms with Gasteiger partial charge >= 0.3 is 0 Å². The van der Waals surface area contributed by atoms with Crippen LogP contribution in [0.3, 0.4) is 0 Å². The van der Waals surface area contributed by atoms with Crippen molar-refractivity contribution in [2.45, 2.75) is 37.2 Å². The minimum atomic E-state index is -3.68. The van der Waals surface area contributed by atoms with Gasteiger partial charge in [-0.25, -0.2) is 13.1 Å². The zero-order valence-electron chi connectivity index (χ0n) is 18.0. The van der Waals surface area contributed by atoms with Crippen LogP contribution in [-0.4, -0.2) is 32.3 Å². The maximum absolute atomic E-state index is 13.0. The molecule has 1 aliphatic rings. The van der Waals surface area contributed by atoms with Gasteiger partial charge in [0.05, 0.1) is 4.90 Å². The number of carbonyl (C=O) groups excluding carboxylic acids is 1. The van der Waals surface area contributed by atoms with Crippen LogP contribution in [0, 0.1) is 0 Å². The highest BCUT2D eigenvalue weighted by molar-refractivity contribution is 7.89. The van der Waals surface area contributed by atoms with Gasteiger partial charge in [-0.05, 0) is 64.2 Å². The van der Waals surface area contributed by atoms with Crippen molar-refractivity contribution >= 4 is 33.0 Å². The molecule has 8 heteroatoms. The van der Waals surface area contributed by atoms with Crippen molar-refractivity contribution in [1.29, 1.82) is 0 Å². The topological polar surface area (TPSA) is 78.5 Å². The molecule has 6 nitrogen and oxygen atoms in total. The van der Waals surface area contributed by atoms with Gasteiger partial charge in [0, 0.05) is 37.8 Å². The highest BCUT2D eigenvalue weighted by Gasteiger charge is 2.27. The fraction of sp³-hybridized carbons (Fsp3) is 0.292. The second-order valence-electron chi connectivity index (χ2n) is 7.84. The highest BCUT2D eigenvalue weighted by Crippen LogP contribution is 2.29. The summed E-state index contributed by atoms with van der Waals surface area (Å²) in [6, 6.07) is 16.7. The van der Waals surface area contributed by atoms with Crippen LogP contribution in [0.2, 0.25) is 0 Å². The molecule has 0 bridgehead atoms. The lowest BCUT2D eigenvalue weighted by Crippen LogP contribution is -2.40. The van der Waals surface area contributed by atoms with Crippen LogP contribution >= 0.6 is 11.3 Å². The van der Waals surface area contributed by atoms with Gasteiger partial charge in [-0.1, -0.05) is 31.2 Å². The maximum Gasteiger partial charge on any atom is 0.240 e. The molecule has 2 N–H and O–H groups in total. The van der Waals surface area contributed by atoms with Crippen molar-refractivity contribution in [1.82, 2.24) is 9.62 Å². The normalized spacial score (nSPS) is 15.2. The Balaban J connectivity index is 1.48. The summed E-state index contributed by atoms with van der Waals surface area (Å²) in [5.41, 5.74) is 4.36. The van der Waals surface area contributed by atoms with E-state index < -0.39 is 10.0 Å². The molecule has 0 fully saturated rings. The molecule has 1 aliphatic heterocycles. The maximum atomic E-state index is 13.0. The monoisotopic (exact) mass is 469 g/mol. The third kappa shape index (κ3) is 5.27. The highest BCUT2D eigenvalue weighted by atomic mass is 32.2. The van der Waals surface area contributed by atoms with Gasteiger partial charge in [-0.2, -0.15) is 11.3 Å². The van der Waals surface area contributed by atoms with E-state index in [0.717, 1.165) is 25.1 Å². The number of benzene rings is 2. The number of thiophene rings is 1. The number of hydrogen-bond donors (Lipinski definition) is 2. The van der Waals surface area contributed by atoms with Gasteiger partial charge < -0.3 is 5.32 Å². The second kappa shape index (κ2) is 9.95. The van der Waals surface area contributed by atoms with E-state index in [1.807, 2.05) is 5.38 Å².